The molecular formula is C8H14N2OS. The predicted octanol–water partition coefficient (Wildman–Crippen LogP) is 0.842. The minimum Gasteiger partial charge on any atom is -0.340 e. The van der Waals surface area contributed by atoms with Gasteiger partial charge >= 0.3 is 0 Å². The molecule has 1 aliphatic rings. The van der Waals surface area contributed by atoms with E-state index in [0.29, 0.717) is 5.11 Å². The molecule has 1 amide bonds. The fourth-order valence-electron chi connectivity index (χ4n) is 1.27. The molecule has 1 aliphatic heterocycles. The molecule has 1 heterocycles. The molecular weight excluding hydrogens is 172 g/mol. The van der Waals surface area contributed by atoms with Gasteiger partial charge < -0.3 is 4.90 Å². The van der Waals surface area contributed by atoms with Gasteiger partial charge in [0.05, 0.1) is 0 Å². The number of hydrogen-bond acceptors (Lipinski definition) is 2. The quantitative estimate of drug-likeness (QED) is 0.567. The molecule has 4 heteroatoms. The Bertz CT molecular complexity index is 207. The highest BCUT2D eigenvalue weighted by molar-refractivity contribution is 7.80. The topological polar surface area (TPSA) is 23.6 Å². The van der Waals surface area contributed by atoms with E-state index in [9.17, 15) is 4.79 Å². The molecule has 0 radical (unpaired) electrons. The fraction of sp³-hybridized carbons (Fsp3) is 0.750. The Morgan fingerprint density at radius 2 is 2.00 bits per heavy atom. The van der Waals surface area contributed by atoms with Crippen LogP contribution in [0.15, 0.2) is 0 Å². The standard InChI is InChI=1S/C8H14N2OS/c1-5(2)10-7(11)6(3)9(4)8(10)12/h5-6H,1-4H3. The number of hydrogen-bond donors (Lipinski definition) is 0. The number of likely N-dealkylation sites (N-methyl/N-ethyl adjacent to an activating group) is 1. The summed E-state index contributed by atoms with van der Waals surface area (Å²) >= 11 is 5.12. The van der Waals surface area contributed by atoms with Crippen molar-refractivity contribution in [2.45, 2.75) is 32.9 Å². The second-order valence-electron chi connectivity index (χ2n) is 3.37. The first-order valence-electron chi connectivity index (χ1n) is 4.06. The molecule has 0 aromatic rings. The molecule has 1 atom stereocenters. The molecule has 0 spiro atoms. The third kappa shape index (κ3) is 1.20. The Kier molecular flexibility index (Phi) is 2.37. The molecule has 0 aromatic heterocycles. The number of carbonyl (C=O) groups is 1. The first-order chi connectivity index (χ1) is 5.46. The summed E-state index contributed by atoms with van der Waals surface area (Å²) in [5, 5.41) is 0.641. The maximum atomic E-state index is 11.6. The molecule has 0 N–H and O–H groups in total. The van der Waals surface area contributed by atoms with Gasteiger partial charge in [0.2, 0.25) is 0 Å². The zero-order valence-corrected chi connectivity index (χ0v) is 8.68. The van der Waals surface area contributed by atoms with Crippen LogP contribution in [0, 0.1) is 0 Å². The Labute approximate surface area is 78.3 Å². The van der Waals surface area contributed by atoms with Gasteiger partial charge in [0.1, 0.15) is 6.04 Å². The lowest BCUT2D eigenvalue weighted by molar-refractivity contribution is -0.128. The highest BCUT2D eigenvalue weighted by Gasteiger charge is 2.38. The Morgan fingerprint density at radius 1 is 1.50 bits per heavy atom. The third-order valence-electron chi connectivity index (χ3n) is 2.20. The van der Waals surface area contributed by atoms with E-state index in [4.69, 9.17) is 12.2 Å². The van der Waals surface area contributed by atoms with Gasteiger partial charge in [-0.3, -0.25) is 9.69 Å². The second-order valence-corrected chi connectivity index (χ2v) is 3.74. The van der Waals surface area contributed by atoms with Gasteiger partial charge in [-0.2, -0.15) is 0 Å². The molecule has 12 heavy (non-hydrogen) atoms. The van der Waals surface area contributed by atoms with Gasteiger partial charge in [0, 0.05) is 13.1 Å². The van der Waals surface area contributed by atoms with E-state index in [0.717, 1.165) is 0 Å². The Balaban J connectivity index is 2.91. The van der Waals surface area contributed by atoms with E-state index < -0.39 is 0 Å². The Morgan fingerprint density at radius 3 is 2.17 bits per heavy atom. The van der Waals surface area contributed by atoms with Crippen molar-refractivity contribution in [2.24, 2.45) is 0 Å². The summed E-state index contributed by atoms with van der Waals surface area (Å²) in [5.41, 5.74) is 0. The number of carbonyl (C=O) groups excluding carboxylic acids is 1. The van der Waals surface area contributed by atoms with Crippen molar-refractivity contribution in [1.82, 2.24) is 9.80 Å². The smallest absolute Gasteiger partial charge is 0.251 e. The van der Waals surface area contributed by atoms with Crippen molar-refractivity contribution in [2.75, 3.05) is 7.05 Å². The van der Waals surface area contributed by atoms with Gasteiger partial charge in [0.25, 0.3) is 5.91 Å². The Hall–Kier alpha value is -0.640. The average Bonchev–Trinajstić information content (AvgIpc) is 2.16. The van der Waals surface area contributed by atoms with Crippen LogP contribution in [-0.2, 0) is 4.79 Å². The van der Waals surface area contributed by atoms with Crippen molar-refractivity contribution in [3.8, 4) is 0 Å². The maximum absolute atomic E-state index is 11.6. The van der Waals surface area contributed by atoms with Crippen LogP contribution in [0.1, 0.15) is 20.8 Å². The van der Waals surface area contributed by atoms with Crippen LogP contribution < -0.4 is 0 Å². The summed E-state index contributed by atoms with van der Waals surface area (Å²) in [5.74, 6) is 0.109. The van der Waals surface area contributed by atoms with Crippen LogP contribution in [0.25, 0.3) is 0 Å². The van der Waals surface area contributed by atoms with E-state index in [2.05, 4.69) is 0 Å². The average molecular weight is 186 g/mol. The van der Waals surface area contributed by atoms with Crippen molar-refractivity contribution in [3.63, 3.8) is 0 Å². The molecule has 68 valence electrons. The normalized spacial score (nSPS) is 24.6. The monoisotopic (exact) mass is 186 g/mol. The zero-order valence-electron chi connectivity index (χ0n) is 7.87. The number of nitrogens with zero attached hydrogens (tertiary/aromatic N) is 2. The molecule has 1 saturated heterocycles. The van der Waals surface area contributed by atoms with Crippen LogP contribution >= 0.6 is 12.2 Å². The SMILES string of the molecule is CC1C(=O)N(C(C)C)C(=S)N1C. The van der Waals surface area contributed by atoms with Crippen molar-refractivity contribution >= 4 is 23.2 Å². The lowest BCUT2D eigenvalue weighted by Gasteiger charge is -2.20. The fourth-order valence-corrected chi connectivity index (χ4v) is 1.73. The summed E-state index contributed by atoms with van der Waals surface area (Å²) in [7, 11) is 1.85. The van der Waals surface area contributed by atoms with Crippen LogP contribution in [0.4, 0.5) is 0 Å². The lowest BCUT2D eigenvalue weighted by Crippen LogP contribution is -2.37. The van der Waals surface area contributed by atoms with E-state index >= 15 is 0 Å². The van der Waals surface area contributed by atoms with Gasteiger partial charge in [-0.1, -0.05) is 0 Å². The summed E-state index contributed by atoms with van der Waals surface area (Å²) in [6.07, 6.45) is 0. The van der Waals surface area contributed by atoms with Crippen LogP contribution in [0.5, 0.6) is 0 Å². The summed E-state index contributed by atoms with van der Waals surface area (Å²) < 4.78 is 0. The molecule has 0 saturated carbocycles. The maximum Gasteiger partial charge on any atom is 0.251 e. The van der Waals surface area contributed by atoms with E-state index in [1.165, 1.54) is 0 Å². The van der Waals surface area contributed by atoms with Gasteiger partial charge in [-0.25, -0.2) is 0 Å². The van der Waals surface area contributed by atoms with Gasteiger partial charge in [0.15, 0.2) is 5.11 Å². The minimum atomic E-state index is -0.0973. The summed E-state index contributed by atoms with van der Waals surface area (Å²) in [6, 6.07) is 0.0669. The first kappa shape index (κ1) is 9.45. The second kappa shape index (κ2) is 3.01. The van der Waals surface area contributed by atoms with Crippen molar-refractivity contribution < 1.29 is 4.79 Å². The van der Waals surface area contributed by atoms with Gasteiger partial charge in [-0.05, 0) is 33.0 Å². The zero-order chi connectivity index (χ0) is 9.46. The largest absolute Gasteiger partial charge is 0.340 e. The third-order valence-corrected chi connectivity index (χ3v) is 2.68. The van der Waals surface area contributed by atoms with Crippen LogP contribution in [-0.4, -0.2) is 40.0 Å². The molecule has 0 aromatic carbocycles. The number of amides is 1. The highest BCUT2D eigenvalue weighted by Crippen LogP contribution is 2.17. The minimum absolute atomic E-state index is 0.0973. The summed E-state index contributed by atoms with van der Waals surface area (Å²) in [6.45, 7) is 5.81. The molecule has 1 unspecified atom stereocenters. The first-order valence-corrected chi connectivity index (χ1v) is 4.47. The number of rotatable bonds is 1. The predicted molar refractivity (Wildman–Crippen MR) is 51.8 cm³/mol. The van der Waals surface area contributed by atoms with E-state index in [1.54, 1.807) is 4.90 Å². The summed E-state index contributed by atoms with van der Waals surface area (Å²) in [4.78, 5) is 15.1. The molecule has 3 nitrogen and oxygen atoms in total. The van der Waals surface area contributed by atoms with Crippen LogP contribution in [0.2, 0.25) is 0 Å². The molecule has 1 fully saturated rings. The van der Waals surface area contributed by atoms with E-state index in [-0.39, 0.29) is 18.0 Å². The van der Waals surface area contributed by atoms with Gasteiger partial charge in [-0.15, -0.1) is 0 Å². The molecule has 0 aliphatic carbocycles. The molecule has 1 rings (SSSR count). The molecule has 0 bridgehead atoms. The highest BCUT2D eigenvalue weighted by atomic mass is 32.1. The number of thiocarbonyl (C=S) groups is 1. The van der Waals surface area contributed by atoms with Crippen molar-refractivity contribution in [3.05, 3.63) is 0 Å². The lowest BCUT2D eigenvalue weighted by atomic mass is 10.3. The van der Waals surface area contributed by atoms with Crippen LogP contribution in [0.3, 0.4) is 0 Å². The van der Waals surface area contributed by atoms with Crippen molar-refractivity contribution in [1.29, 1.82) is 0 Å². The van der Waals surface area contributed by atoms with E-state index in [1.807, 2.05) is 32.7 Å².